The van der Waals surface area contributed by atoms with Gasteiger partial charge in [0.2, 0.25) is 5.91 Å². The van der Waals surface area contributed by atoms with Gasteiger partial charge in [0.1, 0.15) is 0 Å². The molecule has 2 unspecified atom stereocenters. The first kappa shape index (κ1) is 15.2. The number of benzene rings is 1. The quantitative estimate of drug-likeness (QED) is 0.894. The van der Waals surface area contributed by atoms with Gasteiger partial charge >= 0.3 is 0 Å². The summed E-state index contributed by atoms with van der Waals surface area (Å²) >= 11 is 0. The van der Waals surface area contributed by atoms with Crippen molar-refractivity contribution in [2.45, 2.75) is 37.3 Å². The maximum absolute atomic E-state index is 13.2. The van der Waals surface area contributed by atoms with E-state index in [-0.39, 0.29) is 11.9 Å². The molecule has 2 aliphatic rings. The lowest BCUT2D eigenvalue weighted by atomic mass is 10.0. The Morgan fingerprint density at radius 2 is 2.09 bits per heavy atom. The molecule has 1 aromatic rings. The number of alkyl halides is 2. The van der Waals surface area contributed by atoms with E-state index in [1.165, 1.54) is 0 Å². The van der Waals surface area contributed by atoms with E-state index in [0.29, 0.717) is 0 Å². The summed E-state index contributed by atoms with van der Waals surface area (Å²) in [6.45, 7) is 1.26. The second-order valence-electron chi connectivity index (χ2n) is 6.12. The third-order valence-corrected chi connectivity index (χ3v) is 4.32. The fourth-order valence-electron chi connectivity index (χ4n) is 3.17. The number of carbonyl (C=O) groups excluding carboxylic acids is 1. The molecule has 0 spiro atoms. The average molecular weight is 309 g/mol. The zero-order valence-electron chi connectivity index (χ0n) is 12.4. The van der Waals surface area contributed by atoms with Crippen LogP contribution >= 0.6 is 0 Å². The maximum atomic E-state index is 13.2. The minimum Gasteiger partial charge on any atom is -0.369 e. The smallest absolute Gasteiger partial charge is 0.262 e. The molecular weight excluding hydrogens is 288 g/mol. The second-order valence-corrected chi connectivity index (χ2v) is 6.12. The van der Waals surface area contributed by atoms with Gasteiger partial charge in [-0.1, -0.05) is 18.2 Å². The normalized spacial score (nSPS) is 27.6. The largest absolute Gasteiger partial charge is 0.369 e. The third kappa shape index (κ3) is 3.55. The Kier molecular flexibility index (Phi) is 4.29. The van der Waals surface area contributed by atoms with E-state index in [1.807, 2.05) is 30.3 Å². The van der Waals surface area contributed by atoms with Crippen LogP contribution in [-0.2, 0) is 4.79 Å². The lowest BCUT2D eigenvalue weighted by molar-refractivity contribution is -0.124. The monoisotopic (exact) mass is 309 g/mol. The third-order valence-electron chi connectivity index (χ3n) is 4.32. The minimum absolute atomic E-state index is 0.0116. The molecule has 22 heavy (non-hydrogen) atoms. The number of hydrogen-bond donors (Lipinski definition) is 2. The van der Waals surface area contributed by atoms with Gasteiger partial charge in [-0.3, -0.25) is 10.1 Å². The lowest BCUT2D eigenvalue weighted by Gasteiger charge is -2.35. The van der Waals surface area contributed by atoms with Gasteiger partial charge in [-0.15, -0.1) is 0 Å². The predicted octanol–water partition coefficient (Wildman–Crippen LogP) is 1.77. The molecule has 0 aromatic heterocycles. The van der Waals surface area contributed by atoms with Crippen molar-refractivity contribution in [3.05, 3.63) is 30.3 Å². The van der Waals surface area contributed by atoms with Crippen LogP contribution in [0.3, 0.4) is 0 Å². The first-order chi connectivity index (χ1) is 10.5. The number of piperidine rings is 1. The number of anilines is 1. The van der Waals surface area contributed by atoms with Crippen LogP contribution in [0.15, 0.2) is 30.3 Å². The molecule has 2 heterocycles. The topological polar surface area (TPSA) is 44.4 Å². The van der Waals surface area contributed by atoms with Crippen LogP contribution in [0.2, 0.25) is 0 Å². The van der Waals surface area contributed by atoms with E-state index >= 15 is 0 Å². The molecule has 0 saturated carbocycles. The van der Waals surface area contributed by atoms with Crippen molar-refractivity contribution < 1.29 is 13.6 Å². The molecule has 2 aliphatic heterocycles. The highest BCUT2D eigenvalue weighted by Crippen LogP contribution is 2.25. The Labute approximate surface area is 128 Å². The van der Waals surface area contributed by atoms with Crippen molar-refractivity contribution in [1.29, 1.82) is 0 Å². The molecule has 4 nitrogen and oxygen atoms in total. The summed E-state index contributed by atoms with van der Waals surface area (Å²) in [4.78, 5) is 14.3. The van der Waals surface area contributed by atoms with Crippen LogP contribution in [0.25, 0.3) is 0 Å². The molecule has 2 atom stereocenters. The highest BCUT2D eigenvalue weighted by Gasteiger charge is 2.42. The summed E-state index contributed by atoms with van der Waals surface area (Å²) in [5.41, 5.74) is 1.13. The number of halogens is 2. The fraction of sp³-hybridized carbons (Fsp3) is 0.562. The standard InChI is InChI=1S/C16H21F2N3O/c17-16(18)9-14(19-11-16)15(22)20-12-5-4-8-21(10-12)13-6-2-1-3-7-13/h1-3,6-7,12,14,19H,4-5,8-11H2,(H,20,22). The number of nitrogens with one attached hydrogen (secondary N) is 2. The first-order valence-corrected chi connectivity index (χ1v) is 7.75. The van der Waals surface area contributed by atoms with Crippen LogP contribution in [-0.4, -0.2) is 43.5 Å². The van der Waals surface area contributed by atoms with Crippen molar-refractivity contribution in [1.82, 2.24) is 10.6 Å². The van der Waals surface area contributed by atoms with E-state index in [0.717, 1.165) is 31.6 Å². The number of para-hydroxylation sites is 1. The van der Waals surface area contributed by atoms with Crippen molar-refractivity contribution in [2.75, 3.05) is 24.5 Å². The van der Waals surface area contributed by atoms with Crippen LogP contribution in [0.5, 0.6) is 0 Å². The van der Waals surface area contributed by atoms with Gasteiger partial charge in [-0.25, -0.2) is 8.78 Å². The van der Waals surface area contributed by atoms with Crippen LogP contribution < -0.4 is 15.5 Å². The van der Waals surface area contributed by atoms with Crippen molar-refractivity contribution in [2.24, 2.45) is 0 Å². The Balaban J connectivity index is 1.56. The zero-order valence-corrected chi connectivity index (χ0v) is 12.4. The molecule has 0 radical (unpaired) electrons. The Hall–Kier alpha value is -1.69. The molecule has 1 aromatic carbocycles. The second kappa shape index (κ2) is 6.20. The Morgan fingerprint density at radius 1 is 1.32 bits per heavy atom. The summed E-state index contributed by atoms with van der Waals surface area (Å²) < 4.78 is 26.3. The summed E-state index contributed by atoms with van der Waals surface area (Å²) in [7, 11) is 0. The number of amides is 1. The Bertz CT molecular complexity index is 523. The van der Waals surface area contributed by atoms with Gasteiger partial charge < -0.3 is 10.2 Å². The number of rotatable bonds is 3. The van der Waals surface area contributed by atoms with Crippen LogP contribution in [0.1, 0.15) is 19.3 Å². The molecule has 120 valence electrons. The Morgan fingerprint density at radius 3 is 2.77 bits per heavy atom. The molecular formula is C16H21F2N3O. The van der Waals surface area contributed by atoms with Crippen molar-refractivity contribution >= 4 is 11.6 Å². The molecule has 2 saturated heterocycles. The van der Waals surface area contributed by atoms with E-state index in [1.54, 1.807) is 0 Å². The van der Waals surface area contributed by atoms with E-state index in [2.05, 4.69) is 15.5 Å². The summed E-state index contributed by atoms with van der Waals surface area (Å²) in [6, 6.07) is 9.27. The summed E-state index contributed by atoms with van der Waals surface area (Å²) in [6.07, 6.45) is 1.46. The minimum atomic E-state index is -2.77. The van der Waals surface area contributed by atoms with Crippen LogP contribution in [0, 0.1) is 0 Å². The molecule has 0 aliphatic carbocycles. The molecule has 0 bridgehead atoms. The van der Waals surface area contributed by atoms with E-state index < -0.39 is 24.9 Å². The molecule has 3 rings (SSSR count). The molecule has 1 amide bonds. The summed E-state index contributed by atoms with van der Waals surface area (Å²) in [5, 5.41) is 5.53. The molecule has 2 N–H and O–H groups in total. The highest BCUT2D eigenvalue weighted by atomic mass is 19.3. The van der Waals surface area contributed by atoms with Gasteiger partial charge in [-0.2, -0.15) is 0 Å². The van der Waals surface area contributed by atoms with E-state index in [9.17, 15) is 13.6 Å². The van der Waals surface area contributed by atoms with Gasteiger partial charge in [0.05, 0.1) is 12.6 Å². The van der Waals surface area contributed by atoms with Crippen LogP contribution in [0.4, 0.5) is 14.5 Å². The first-order valence-electron chi connectivity index (χ1n) is 7.75. The lowest BCUT2D eigenvalue weighted by Crippen LogP contribution is -2.51. The van der Waals surface area contributed by atoms with Crippen molar-refractivity contribution in [3.8, 4) is 0 Å². The number of nitrogens with zero attached hydrogens (tertiary/aromatic N) is 1. The summed E-state index contributed by atoms with van der Waals surface area (Å²) in [5.74, 6) is -3.08. The average Bonchev–Trinajstić information content (AvgIpc) is 2.89. The SMILES string of the molecule is O=C(NC1CCCN(c2ccccc2)C1)C1CC(F)(F)CN1. The van der Waals surface area contributed by atoms with Crippen molar-refractivity contribution in [3.63, 3.8) is 0 Å². The predicted molar refractivity (Wildman–Crippen MR) is 81.2 cm³/mol. The maximum Gasteiger partial charge on any atom is 0.262 e. The molecule has 2 fully saturated rings. The van der Waals surface area contributed by atoms with Gasteiger partial charge in [0.15, 0.2) is 0 Å². The fourth-order valence-corrected chi connectivity index (χ4v) is 3.17. The van der Waals surface area contributed by atoms with Gasteiger partial charge in [0.25, 0.3) is 5.92 Å². The van der Waals surface area contributed by atoms with E-state index in [4.69, 9.17) is 0 Å². The number of carbonyl (C=O) groups is 1. The number of hydrogen-bond acceptors (Lipinski definition) is 3. The molecule has 6 heteroatoms. The highest BCUT2D eigenvalue weighted by molar-refractivity contribution is 5.82. The van der Waals surface area contributed by atoms with Gasteiger partial charge in [-0.05, 0) is 25.0 Å². The van der Waals surface area contributed by atoms with Gasteiger partial charge in [0, 0.05) is 31.2 Å². The zero-order chi connectivity index (χ0) is 15.6.